The number of oxazole rings is 1. The maximum absolute atomic E-state index is 11.4. The second-order valence-corrected chi connectivity index (χ2v) is 4.76. The van der Waals surface area contributed by atoms with Crippen molar-refractivity contribution in [1.82, 2.24) is 9.88 Å². The van der Waals surface area contributed by atoms with E-state index in [2.05, 4.69) is 10.6 Å². The fourth-order valence-electron chi connectivity index (χ4n) is 2.01. The monoisotopic (exact) mass is 247 g/mol. The molecule has 1 heterocycles. The number of hydrogen-bond donors (Lipinski definition) is 2. The number of nitrogens with zero attached hydrogens (tertiary/aromatic N) is 1. The lowest BCUT2D eigenvalue weighted by atomic mass is 10.3. The Morgan fingerprint density at radius 1 is 1.39 bits per heavy atom. The summed E-state index contributed by atoms with van der Waals surface area (Å²) in [5, 5.41) is 6.75. The zero-order valence-corrected chi connectivity index (χ0v) is 10.4. The summed E-state index contributed by atoms with van der Waals surface area (Å²) in [4.78, 5) is 11.4. The Labute approximate surface area is 105 Å². The van der Waals surface area contributed by atoms with Crippen molar-refractivity contribution in [2.24, 2.45) is 7.05 Å². The van der Waals surface area contributed by atoms with Crippen LogP contribution in [0.1, 0.15) is 12.8 Å². The Bertz CT molecular complexity index is 610. The fraction of sp³-hybridized carbons (Fsp3) is 0.462. The Hall–Kier alpha value is -1.75. The van der Waals surface area contributed by atoms with Crippen molar-refractivity contribution >= 4 is 16.8 Å². The summed E-state index contributed by atoms with van der Waals surface area (Å²) in [5.74, 6) is -0.322. The molecule has 3 rings (SSSR count). The van der Waals surface area contributed by atoms with E-state index < -0.39 is 0 Å². The number of aromatic nitrogens is 1. The molecule has 1 aromatic heterocycles. The number of nitrogens with one attached hydrogen (secondary N) is 2. The maximum atomic E-state index is 11.4. The summed E-state index contributed by atoms with van der Waals surface area (Å²) < 4.78 is 6.65. The van der Waals surface area contributed by atoms with Gasteiger partial charge in [0.2, 0.25) is 0 Å². The van der Waals surface area contributed by atoms with Gasteiger partial charge in [0.25, 0.3) is 0 Å². The highest BCUT2D eigenvalue weighted by Gasteiger charge is 2.19. The molecule has 1 aromatic carbocycles. The molecule has 0 aliphatic heterocycles. The zero-order chi connectivity index (χ0) is 12.5. The van der Waals surface area contributed by atoms with E-state index in [1.54, 1.807) is 7.05 Å². The molecule has 5 nitrogen and oxygen atoms in total. The third kappa shape index (κ3) is 2.26. The first-order chi connectivity index (χ1) is 8.74. The average Bonchev–Trinajstić information content (AvgIpc) is 3.14. The topological polar surface area (TPSA) is 59.2 Å². The van der Waals surface area contributed by atoms with E-state index in [4.69, 9.17) is 4.42 Å². The highest BCUT2D eigenvalue weighted by molar-refractivity contribution is 5.77. The Kier molecular flexibility index (Phi) is 2.83. The minimum absolute atomic E-state index is 0.322. The number of benzene rings is 1. The lowest BCUT2D eigenvalue weighted by molar-refractivity contribution is 0.528. The van der Waals surface area contributed by atoms with Gasteiger partial charge in [0.1, 0.15) is 0 Å². The molecule has 0 atom stereocenters. The first kappa shape index (κ1) is 11.3. The van der Waals surface area contributed by atoms with E-state index in [-0.39, 0.29) is 5.76 Å². The predicted molar refractivity (Wildman–Crippen MR) is 71.0 cm³/mol. The van der Waals surface area contributed by atoms with Crippen LogP contribution in [0, 0.1) is 0 Å². The van der Waals surface area contributed by atoms with Crippen LogP contribution in [0.25, 0.3) is 11.1 Å². The normalized spacial score (nSPS) is 15.2. The van der Waals surface area contributed by atoms with Gasteiger partial charge in [-0.05, 0) is 25.0 Å². The van der Waals surface area contributed by atoms with Crippen LogP contribution >= 0.6 is 0 Å². The lowest BCUT2D eigenvalue weighted by Crippen LogP contribution is -2.23. The van der Waals surface area contributed by atoms with Gasteiger partial charge in [-0.15, -0.1) is 0 Å². The van der Waals surface area contributed by atoms with Crippen LogP contribution in [0.5, 0.6) is 0 Å². The van der Waals surface area contributed by atoms with Crippen LogP contribution in [0.3, 0.4) is 0 Å². The van der Waals surface area contributed by atoms with Gasteiger partial charge in [-0.25, -0.2) is 4.79 Å². The van der Waals surface area contributed by atoms with Crippen LogP contribution in [-0.4, -0.2) is 23.7 Å². The second kappa shape index (κ2) is 4.49. The van der Waals surface area contributed by atoms with Crippen molar-refractivity contribution in [2.75, 3.05) is 18.4 Å². The number of anilines is 1. The Balaban J connectivity index is 1.66. The minimum atomic E-state index is -0.322. The third-order valence-electron chi connectivity index (χ3n) is 3.26. The SMILES string of the molecule is Cn1c(=O)oc2cc(NCCNC3CC3)ccc21. The van der Waals surface area contributed by atoms with Crippen LogP contribution in [0.4, 0.5) is 5.69 Å². The maximum Gasteiger partial charge on any atom is 0.419 e. The van der Waals surface area contributed by atoms with E-state index in [0.717, 1.165) is 30.3 Å². The predicted octanol–water partition coefficient (Wildman–Crippen LogP) is 1.30. The van der Waals surface area contributed by atoms with Gasteiger partial charge >= 0.3 is 5.76 Å². The molecule has 0 unspecified atom stereocenters. The molecule has 5 heteroatoms. The minimum Gasteiger partial charge on any atom is -0.408 e. The molecule has 0 spiro atoms. The average molecular weight is 247 g/mol. The molecular formula is C13H17N3O2. The smallest absolute Gasteiger partial charge is 0.408 e. The van der Waals surface area contributed by atoms with Gasteiger partial charge < -0.3 is 15.1 Å². The summed E-state index contributed by atoms with van der Waals surface area (Å²) in [6.07, 6.45) is 2.61. The molecule has 1 aliphatic rings. The van der Waals surface area contributed by atoms with E-state index in [0.29, 0.717) is 5.58 Å². The van der Waals surface area contributed by atoms with Crippen molar-refractivity contribution in [1.29, 1.82) is 0 Å². The quantitative estimate of drug-likeness (QED) is 0.782. The Morgan fingerprint density at radius 3 is 3.00 bits per heavy atom. The summed E-state index contributed by atoms with van der Waals surface area (Å²) >= 11 is 0. The number of fused-ring (bicyclic) bond motifs is 1. The van der Waals surface area contributed by atoms with E-state index in [1.807, 2.05) is 18.2 Å². The van der Waals surface area contributed by atoms with E-state index in [9.17, 15) is 4.79 Å². The first-order valence-electron chi connectivity index (χ1n) is 6.31. The molecule has 0 bridgehead atoms. The molecule has 1 fully saturated rings. The molecule has 0 amide bonds. The molecule has 0 radical (unpaired) electrons. The van der Waals surface area contributed by atoms with Gasteiger partial charge in [0, 0.05) is 37.9 Å². The van der Waals surface area contributed by atoms with Gasteiger partial charge in [0.05, 0.1) is 5.52 Å². The van der Waals surface area contributed by atoms with Gasteiger partial charge in [-0.3, -0.25) is 4.57 Å². The molecule has 1 aliphatic carbocycles. The van der Waals surface area contributed by atoms with Crippen LogP contribution in [-0.2, 0) is 7.05 Å². The zero-order valence-electron chi connectivity index (χ0n) is 10.4. The molecule has 2 aromatic rings. The molecule has 96 valence electrons. The summed E-state index contributed by atoms with van der Waals surface area (Å²) in [5.41, 5.74) is 2.43. The number of aryl methyl sites for hydroxylation is 1. The van der Waals surface area contributed by atoms with E-state index in [1.165, 1.54) is 17.4 Å². The first-order valence-corrected chi connectivity index (χ1v) is 6.31. The van der Waals surface area contributed by atoms with Crippen LogP contribution in [0.2, 0.25) is 0 Å². The molecule has 18 heavy (non-hydrogen) atoms. The molecule has 0 saturated heterocycles. The summed E-state index contributed by atoms with van der Waals surface area (Å²) in [6.45, 7) is 1.83. The summed E-state index contributed by atoms with van der Waals surface area (Å²) in [7, 11) is 1.71. The Morgan fingerprint density at radius 2 is 2.22 bits per heavy atom. The van der Waals surface area contributed by atoms with Gasteiger partial charge in [-0.1, -0.05) is 0 Å². The standard InChI is InChI=1S/C13H17N3O2/c1-16-11-5-4-10(8-12(11)18-13(16)17)15-7-6-14-9-2-3-9/h4-5,8-9,14-15H,2-3,6-7H2,1H3. The number of rotatable bonds is 5. The molecule has 1 saturated carbocycles. The second-order valence-electron chi connectivity index (χ2n) is 4.76. The van der Waals surface area contributed by atoms with Crippen LogP contribution < -0.4 is 16.4 Å². The van der Waals surface area contributed by atoms with E-state index >= 15 is 0 Å². The molecule has 2 N–H and O–H groups in total. The van der Waals surface area contributed by atoms with Gasteiger partial charge in [-0.2, -0.15) is 0 Å². The highest BCUT2D eigenvalue weighted by atomic mass is 16.4. The fourth-order valence-corrected chi connectivity index (χ4v) is 2.01. The largest absolute Gasteiger partial charge is 0.419 e. The van der Waals surface area contributed by atoms with Crippen molar-refractivity contribution in [2.45, 2.75) is 18.9 Å². The van der Waals surface area contributed by atoms with Crippen molar-refractivity contribution < 1.29 is 4.42 Å². The summed E-state index contributed by atoms with van der Waals surface area (Å²) in [6, 6.07) is 6.47. The molecular weight excluding hydrogens is 230 g/mol. The highest BCUT2D eigenvalue weighted by Crippen LogP contribution is 2.19. The van der Waals surface area contributed by atoms with Gasteiger partial charge in [0.15, 0.2) is 5.58 Å². The van der Waals surface area contributed by atoms with Crippen molar-refractivity contribution in [3.8, 4) is 0 Å². The number of hydrogen-bond acceptors (Lipinski definition) is 4. The van der Waals surface area contributed by atoms with Crippen molar-refractivity contribution in [3.63, 3.8) is 0 Å². The van der Waals surface area contributed by atoms with Crippen molar-refractivity contribution in [3.05, 3.63) is 28.7 Å². The lowest BCUT2D eigenvalue weighted by Gasteiger charge is -2.06. The van der Waals surface area contributed by atoms with Crippen LogP contribution in [0.15, 0.2) is 27.4 Å². The third-order valence-corrected chi connectivity index (χ3v) is 3.26.